The number of nitrogens with two attached hydrogens (primary N) is 1. The zero-order chi connectivity index (χ0) is 14.7. The number of rotatable bonds is 4. The van der Waals surface area contributed by atoms with Gasteiger partial charge in [-0.2, -0.15) is 19.7 Å². The molecule has 7 nitrogen and oxygen atoms in total. The number of hydrogen-bond donors (Lipinski definition) is 1. The summed E-state index contributed by atoms with van der Waals surface area (Å²) in [6.45, 7) is 1.92. The average Bonchev–Trinajstić information content (AvgIpc) is 2.40. The molecule has 2 N–H and O–H groups in total. The van der Waals surface area contributed by atoms with Crippen molar-refractivity contribution >= 4 is 23.7 Å². The van der Waals surface area contributed by atoms with Gasteiger partial charge in [-0.15, -0.1) is 0 Å². The molecule has 0 saturated heterocycles. The Morgan fingerprint density at radius 3 is 2.70 bits per heavy atom. The van der Waals surface area contributed by atoms with Crippen LogP contribution < -0.4 is 15.4 Å². The van der Waals surface area contributed by atoms with Gasteiger partial charge < -0.3 is 15.8 Å². The molecule has 0 saturated carbocycles. The fraction of sp³-hybridized carbons (Fsp3) is 0.333. The Hall–Kier alpha value is -2.09. The quantitative estimate of drug-likeness (QED) is 0.510. The average molecular weight is 292 g/mol. The van der Waals surface area contributed by atoms with E-state index in [-0.39, 0.29) is 11.2 Å². The van der Waals surface area contributed by atoms with E-state index in [9.17, 15) is 5.21 Å². The summed E-state index contributed by atoms with van der Waals surface area (Å²) in [5.41, 5.74) is 5.69. The summed E-state index contributed by atoms with van der Waals surface area (Å²) in [4.78, 5) is 14.3. The molecule has 0 aliphatic rings. The second-order valence-corrected chi connectivity index (χ2v) is 5.73. The molecule has 20 heavy (non-hydrogen) atoms. The molecule has 106 valence electrons. The number of anilines is 2. The van der Waals surface area contributed by atoms with Crippen LogP contribution in [0.1, 0.15) is 18.0 Å². The zero-order valence-corrected chi connectivity index (χ0v) is 12.3. The van der Waals surface area contributed by atoms with Gasteiger partial charge in [0, 0.05) is 26.2 Å². The van der Waals surface area contributed by atoms with Crippen LogP contribution in [0.5, 0.6) is 0 Å². The van der Waals surface area contributed by atoms with E-state index in [1.807, 2.05) is 27.1 Å². The number of nitrogen functional groups attached to an aromatic ring is 1. The van der Waals surface area contributed by atoms with Gasteiger partial charge in [0.05, 0.1) is 5.25 Å². The molecule has 0 spiro atoms. The van der Waals surface area contributed by atoms with Crippen LogP contribution in [-0.2, 0) is 0 Å². The predicted octanol–water partition coefficient (Wildman–Crippen LogP) is 1.01. The Bertz CT molecular complexity index is 606. The van der Waals surface area contributed by atoms with E-state index in [2.05, 4.69) is 15.0 Å². The first-order valence-electron chi connectivity index (χ1n) is 6.01. The van der Waals surface area contributed by atoms with E-state index in [0.29, 0.717) is 16.8 Å². The van der Waals surface area contributed by atoms with E-state index in [1.165, 1.54) is 18.0 Å². The normalized spacial score (nSPS) is 12.2. The maximum absolute atomic E-state index is 11.6. The molecule has 0 unspecified atom stereocenters. The Labute approximate surface area is 121 Å². The third-order valence-corrected chi connectivity index (χ3v) is 3.63. The maximum atomic E-state index is 11.6. The fourth-order valence-electron chi connectivity index (χ4n) is 1.52. The van der Waals surface area contributed by atoms with Crippen molar-refractivity contribution < 1.29 is 4.73 Å². The van der Waals surface area contributed by atoms with E-state index < -0.39 is 0 Å². The van der Waals surface area contributed by atoms with E-state index in [4.69, 9.17) is 5.73 Å². The van der Waals surface area contributed by atoms with Crippen LogP contribution in [-0.4, -0.2) is 29.0 Å². The molecule has 2 aromatic heterocycles. The highest BCUT2D eigenvalue weighted by atomic mass is 32.2. The van der Waals surface area contributed by atoms with Crippen LogP contribution in [0.4, 0.5) is 11.9 Å². The lowest BCUT2D eigenvalue weighted by atomic mass is 10.4. The Morgan fingerprint density at radius 2 is 2.05 bits per heavy atom. The number of nitrogens with zero attached hydrogens (tertiary/aromatic N) is 5. The van der Waals surface area contributed by atoms with Crippen molar-refractivity contribution in [2.45, 2.75) is 17.2 Å². The molecule has 0 aliphatic carbocycles. The molecular formula is C12H16N6OS. The van der Waals surface area contributed by atoms with Crippen LogP contribution in [0.2, 0.25) is 0 Å². The molecule has 2 rings (SSSR count). The fourth-order valence-corrected chi connectivity index (χ4v) is 2.41. The van der Waals surface area contributed by atoms with Gasteiger partial charge in [0.2, 0.25) is 11.9 Å². The first-order valence-corrected chi connectivity index (χ1v) is 6.89. The number of hydrogen-bond acceptors (Lipinski definition) is 7. The summed E-state index contributed by atoms with van der Waals surface area (Å²) < 4.78 is 0.818. The molecule has 2 aromatic rings. The minimum atomic E-state index is -0.110. The van der Waals surface area contributed by atoms with Gasteiger partial charge in [0.25, 0.3) is 5.03 Å². The molecule has 2 heterocycles. The molecule has 0 amide bonds. The summed E-state index contributed by atoms with van der Waals surface area (Å²) in [7, 11) is 3.66. The monoisotopic (exact) mass is 292 g/mol. The van der Waals surface area contributed by atoms with Gasteiger partial charge in [-0.05, 0) is 24.8 Å². The van der Waals surface area contributed by atoms with Crippen molar-refractivity contribution in [1.29, 1.82) is 0 Å². The molecule has 0 aromatic carbocycles. The molecule has 0 bridgehead atoms. The standard InChI is InChI=1S/C12H16N6OS/c1-8(20-9-6-4-5-7-18(9)19)10-14-11(13)16-12(15-10)17(2)3/h4-8H,1-3H3,(H2,13,14,15,16)/t8-/m1/s1. The summed E-state index contributed by atoms with van der Waals surface area (Å²) in [6.07, 6.45) is 1.46. The smallest absolute Gasteiger partial charge is 0.252 e. The number of pyridine rings is 1. The van der Waals surface area contributed by atoms with Gasteiger partial charge in [-0.1, -0.05) is 0 Å². The SMILES string of the molecule is C[C@@H](Sc1cccc[n+]1[O-])c1nc(N)nc(N(C)C)n1. The summed E-state index contributed by atoms with van der Waals surface area (Å²) in [6, 6.07) is 5.26. The minimum absolute atomic E-state index is 0.110. The Morgan fingerprint density at radius 1 is 1.30 bits per heavy atom. The predicted molar refractivity (Wildman–Crippen MR) is 78.2 cm³/mol. The van der Waals surface area contributed by atoms with Crippen molar-refractivity contribution in [3.8, 4) is 0 Å². The lowest BCUT2D eigenvalue weighted by Gasteiger charge is -2.14. The van der Waals surface area contributed by atoms with Crippen molar-refractivity contribution in [3.05, 3.63) is 35.4 Å². The zero-order valence-electron chi connectivity index (χ0n) is 11.5. The molecule has 0 aliphatic heterocycles. The van der Waals surface area contributed by atoms with Crippen molar-refractivity contribution in [1.82, 2.24) is 15.0 Å². The number of aromatic nitrogens is 4. The molecular weight excluding hydrogens is 276 g/mol. The molecule has 1 atom stereocenters. The van der Waals surface area contributed by atoms with Gasteiger partial charge in [0.15, 0.2) is 6.20 Å². The van der Waals surface area contributed by atoms with Crippen LogP contribution >= 0.6 is 11.8 Å². The van der Waals surface area contributed by atoms with Crippen LogP contribution in [0.15, 0.2) is 29.4 Å². The topological polar surface area (TPSA) is 94.9 Å². The second kappa shape index (κ2) is 5.91. The third kappa shape index (κ3) is 3.27. The highest BCUT2D eigenvalue weighted by Crippen LogP contribution is 2.31. The molecule has 0 fully saturated rings. The highest BCUT2D eigenvalue weighted by Gasteiger charge is 2.18. The van der Waals surface area contributed by atoms with Gasteiger partial charge in [0.1, 0.15) is 5.82 Å². The molecule has 8 heteroatoms. The van der Waals surface area contributed by atoms with Crippen LogP contribution in [0, 0.1) is 5.21 Å². The first-order chi connectivity index (χ1) is 9.47. The maximum Gasteiger partial charge on any atom is 0.252 e. The van der Waals surface area contributed by atoms with Gasteiger partial charge >= 0.3 is 0 Å². The lowest BCUT2D eigenvalue weighted by molar-refractivity contribution is -0.645. The first kappa shape index (κ1) is 14.3. The summed E-state index contributed by atoms with van der Waals surface area (Å²) in [5, 5.41) is 12.1. The Kier molecular flexibility index (Phi) is 4.23. The van der Waals surface area contributed by atoms with E-state index >= 15 is 0 Å². The van der Waals surface area contributed by atoms with Crippen molar-refractivity contribution in [2.24, 2.45) is 0 Å². The number of thioether (sulfide) groups is 1. The van der Waals surface area contributed by atoms with E-state index in [1.54, 1.807) is 17.0 Å². The van der Waals surface area contributed by atoms with Crippen LogP contribution in [0.3, 0.4) is 0 Å². The van der Waals surface area contributed by atoms with Crippen LogP contribution in [0.25, 0.3) is 0 Å². The Balaban J connectivity index is 2.25. The molecule has 0 radical (unpaired) electrons. The van der Waals surface area contributed by atoms with E-state index in [0.717, 1.165) is 4.73 Å². The van der Waals surface area contributed by atoms with Crippen molar-refractivity contribution in [3.63, 3.8) is 0 Å². The second-order valence-electron chi connectivity index (χ2n) is 4.37. The largest absolute Gasteiger partial charge is 0.618 e. The van der Waals surface area contributed by atoms with Crippen molar-refractivity contribution in [2.75, 3.05) is 24.7 Å². The summed E-state index contributed by atoms with van der Waals surface area (Å²) >= 11 is 1.38. The van der Waals surface area contributed by atoms with Gasteiger partial charge in [-0.25, -0.2) is 0 Å². The lowest BCUT2D eigenvalue weighted by Crippen LogP contribution is -2.28. The van der Waals surface area contributed by atoms with Gasteiger partial charge in [-0.3, -0.25) is 0 Å². The summed E-state index contributed by atoms with van der Waals surface area (Å²) in [5.74, 6) is 1.23. The minimum Gasteiger partial charge on any atom is -0.618 e. The highest BCUT2D eigenvalue weighted by molar-refractivity contribution is 7.99. The third-order valence-electron chi connectivity index (χ3n) is 2.51.